The second kappa shape index (κ2) is 9.07. The molecule has 2 rings (SSSR count). The van der Waals surface area contributed by atoms with Gasteiger partial charge in [0.05, 0.1) is 7.11 Å². The first-order chi connectivity index (χ1) is 12.8. The number of aryl methyl sites for hydroxylation is 2. The molecule has 0 fully saturated rings. The molecule has 0 atom stereocenters. The molecular weight excluding hydrogens is 344 g/mol. The average Bonchev–Trinajstić information content (AvgIpc) is 2.62. The molecule has 0 aliphatic heterocycles. The summed E-state index contributed by atoms with van der Waals surface area (Å²) >= 11 is 0. The highest BCUT2D eigenvalue weighted by atomic mass is 16.5. The van der Waals surface area contributed by atoms with Crippen molar-refractivity contribution < 1.29 is 19.1 Å². The number of carbonyl (C=O) groups excluding carboxylic acids is 2. The Bertz CT molecular complexity index is 831. The zero-order valence-electron chi connectivity index (χ0n) is 16.4. The fraction of sp³-hybridized carbons (Fsp3) is 0.333. The van der Waals surface area contributed by atoms with Gasteiger partial charge in [0, 0.05) is 17.3 Å². The Morgan fingerprint density at radius 2 is 1.74 bits per heavy atom. The van der Waals surface area contributed by atoms with Gasteiger partial charge < -0.3 is 20.1 Å². The quantitative estimate of drug-likeness (QED) is 0.782. The van der Waals surface area contributed by atoms with E-state index in [4.69, 9.17) is 9.47 Å². The summed E-state index contributed by atoms with van der Waals surface area (Å²) in [6.07, 6.45) is 0. The summed E-state index contributed by atoms with van der Waals surface area (Å²) in [5.74, 6) is 0.323. The van der Waals surface area contributed by atoms with E-state index in [1.807, 2.05) is 45.9 Å². The minimum Gasteiger partial charge on any atom is -0.493 e. The van der Waals surface area contributed by atoms with Crippen molar-refractivity contribution in [3.63, 3.8) is 0 Å². The average molecular weight is 370 g/mol. The molecule has 6 nitrogen and oxygen atoms in total. The largest absolute Gasteiger partial charge is 0.493 e. The maximum absolute atomic E-state index is 12.5. The van der Waals surface area contributed by atoms with Crippen LogP contribution in [-0.2, 0) is 4.79 Å². The predicted molar refractivity (Wildman–Crippen MR) is 106 cm³/mol. The van der Waals surface area contributed by atoms with Crippen LogP contribution < -0.4 is 20.1 Å². The number of rotatable bonds is 7. The van der Waals surface area contributed by atoms with Crippen LogP contribution in [0.3, 0.4) is 0 Å². The zero-order valence-corrected chi connectivity index (χ0v) is 16.4. The summed E-state index contributed by atoms with van der Waals surface area (Å²) in [6.45, 7) is 7.65. The number of carbonyl (C=O) groups is 2. The molecule has 0 bridgehead atoms. The van der Waals surface area contributed by atoms with Crippen LogP contribution in [0.25, 0.3) is 0 Å². The Labute approximate surface area is 159 Å². The lowest BCUT2D eigenvalue weighted by atomic mass is 10.1. The summed E-state index contributed by atoms with van der Waals surface area (Å²) in [6, 6.07) is 10.6. The third kappa shape index (κ3) is 5.74. The van der Waals surface area contributed by atoms with Gasteiger partial charge in [-0.2, -0.15) is 0 Å². The molecule has 0 saturated heterocycles. The topological polar surface area (TPSA) is 76.7 Å². The lowest BCUT2D eigenvalue weighted by Gasteiger charge is -2.13. The Kier molecular flexibility index (Phi) is 6.82. The van der Waals surface area contributed by atoms with E-state index in [1.165, 1.54) is 7.11 Å². The number of hydrogen-bond acceptors (Lipinski definition) is 4. The Balaban J connectivity index is 2.08. The lowest BCUT2D eigenvalue weighted by molar-refractivity contribution is -0.123. The number of hydrogen-bond donors (Lipinski definition) is 2. The van der Waals surface area contributed by atoms with E-state index in [0.717, 1.165) is 16.8 Å². The van der Waals surface area contributed by atoms with Gasteiger partial charge in [0.1, 0.15) is 0 Å². The number of nitrogens with one attached hydrogen (secondary N) is 2. The van der Waals surface area contributed by atoms with Crippen molar-refractivity contribution in [2.24, 2.45) is 0 Å². The Morgan fingerprint density at radius 1 is 1.00 bits per heavy atom. The molecule has 0 aliphatic rings. The van der Waals surface area contributed by atoms with Crippen LogP contribution in [-0.4, -0.2) is 31.6 Å². The smallest absolute Gasteiger partial charge is 0.258 e. The first-order valence-electron chi connectivity index (χ1n) is 8.79. The van der Waals surface area contributed by atoms with E-state index in [1.54, 1.807) is 18.2 Å². The first kappa shape index (κ1) is 20.3. The molecule has 0 aromatic heterocycles. The van der Waals surface area contributed by atoms with Crippen LogP contribution in [0.1, 0.15) is 35.3 Å². The van der Waals surface area contributed by atoms with Gasteiger partial charge >= 0.3 is 0 Å². The van der Waals surface area contributed by atoms with Crippen LogP contribution in [0.4, 0.5) is 5.69 Å². The Morgan fingerprint density at radius 3 is 2.37 bits per heavy atom. The molecule has 0 aliphatic carbocycles. The number of ether oxygens (including phenoxy) is 2. The molecule has 2 aromatic rings. The molecule has 0 unspecified atom stereocenters. The summed E-state index contributed by atoms with van der Waals surface area (Å²) in [5.41, 5.74) is 3.43. The molecule has 2 aromatic carbocycles. The van der Waals surface area contributed by atoms with Gasteiger partial charge in [-0.1, -0.05) is 6.07 Å². The highest BCUT2D eigenvalue weighted by Crippen LogP contribution is 2.28. The predicted octanol–water partition coefficient (Wildman–Crippen LogP) is 3.47. The summed E-state index contributed by atoms with van der Waals surface area (Å²) in [5, 5.41) is 5.62. The summed E-state index contributed by atoms with van der Waals surface area (Å²) < 4.78 is 10.8. The van der Waals surface area contributed by atoms with E-state index in [0.29, 0.717) is 17.1 Å². The molecule has 0 heterocycles. The van der Waals surface area contributed by atoms with Crippen molar-refractivity contribution in [2.45, 2.75) is 33.7 Å². The van der Waals surface area contributed by atoms with Crippen molar-refractivity contribution >= 4 is 17.5 Å². The minimum atomic E-state index is -0.249. The molecule has 27 heavy (non-hydrogen) atoms. The maximum Gasteiger partial charge on any atom is 0.258 e. The van der Waals surface area contributed by atoms with Crippen LogP contribution in [0.5, 0.6) is 11.5 Å². The third-order valence-corrected chi connectivity index (χ3v) is 4.00. The van der Waals surface area contributed by atoms with Gasteiger partial charge in [-0.25, -0.2) is 0 Å². The molecule has 0 spiro atoms. The molecule has 0 radical (unpaired) electrons. The summed E-state index contributed by atoms with van der Waals surface area (Å²) in [7, 11) is 1.49. The molecule has 6 heteroatoms. The minimum absolute atomic E-state index is 0.0412. The van der Waals surface area contributed by atoms with Gasteiger partial charge in [-0.3, -0.25) is 9.59 Å². The number of anilines is 1. The zero-order chi connectivity index (χ0) is 20.0. The molecule has 2 amide bonds. The normalized spacial score (nSPS) is 10.4. The van der Waals surface area contributed by atoms with Crippen molar-refractivity contribution in [2.75, 3.05) is 19.0 Å². The van der Waals surface area contributed by atoms with E-state index >= 15 is 0 Å². The van der Waals surface area contributed by atoms with Gasteiger partial charge in [0.25, 0.3) is 11.8 Å². The van der Waals surface area contributed by atoms with Gasteiger partial charge in [-0.05, 0) is 69.2 Å². The molecule has 0 saturated carbocycles. The standard InChI is InChI=1S/C21H26N2O4/c1-13(2)22-20(24)12-27-18-9-7-16(11-19(18)26-5)21(25)23-17-8-6-14(3)15(4)10-17/h6-11,13H,12H2,1-5H3,(H,22,24)(H,23,25). The van der Waals surface area contributed by atoms with E-state index in [-0.39, 0.29) is 24.5 Å². The molecular formula is C21H26N2O4. The van der Waals surface area contributed by atoms with Gasteiger partial charge in [0.2, 0.25) is 0 Å². The van der Waals surface area contributed by atoms with E-state index in [9.17, 15) is 9.59 Å². The van der Waals surface area contributed by atoms with Crippen LogP contribution in [0, 0.1) is 13.8 Å². The first-order valence-corrected chi connectivity index (χ1v) is 8.79. The second-order valence-corrected chi connectivity index (χ2v) is 6.63. The maximum atomic E-state index is 12.5. The summed E-state index contributed by atoms with van der Waals surface area (Å²) in [4.78, 5) is 24.2. The fourth-order valence-electron chi connectivity index (χ4n) is 2.46. The number of methoxy groups -OCH3 is 1. The van der Waals surface area contributed by atoms with Crippen molar-refractivity contribution in [1.82, 2.24) is 5.32 Å². The second-order valence-electron chi connectivity index (χ2n) is 6.63. The lowest BCUT2D eigenvalue weighted by Crippen LogP contribution is -2.34. The number of amides is 2. The number of benzene rings is 2. The van der Waals surface area contributed by atoms with Gasteiger partial charge in [0.15, 0.2) is 18.1 Å². The third-order valence-electron chi connectivity index (χ3n) is 4.00. The van der Waals surface area contributed by atoms with Crippen molar-refractivity contribution in [1.29, 1.82) is 0 Å². The van der Waals surface area contributed by atoms with E-state index < -0.39 is 0 Å². The highest BCUT2D eigenvalue weighted by molar-refractivity contribution is 6.04. The van der Waals surface area contributed by atoms with Crippen LogP contribution in [0.15, 0.2) is 36.4 Å². The molecule has 144 valence electrons. The Hall–Kier alpha value is -3.02. The van der Waals surface area contributed by atoms with Crippen molar-refractivity contribution in [3.05, 3.63) is 53.1 Å². The SMILES string of the molecule is COc1cc(C(=O)Nc2ccc(C)c(C)c2)ccc1OCC(=O)NC(C)C. The van der Waals surface area contributed by atoms with Crippen LogP contribution >= 0.6 is 0 Å². The monoisotopic (exact) mass is 370 g/mol. The van der Waals surface area contributed by atoms with Crippen molar-refractivity contribution in [3.8, 4) is 11.5 Å². The van der Waals surface area contributed by atoms with E-state index in [2.05, 4.69) is 10.6 Å². The van der Waals surface area contributed by atoms with Crippen LogP contribution in [0.2, 0.25) is 0 Å². The fourth-order valence-corrected chi connectivity index (χ4v) is 2.46. The highest BCUT2D eigenvalue weighted by Gasteiger charge is 2.13. The molecule has 2 N–H and O–H groups in total. The van der Waals surface area contributed by atoms with Gasteiger partial charge in [-0.15, -0.1) is 0 Å².